The van der Waals surface area contributed by atoms with Crippen molar-refractivity contribution >= 4 is 23.2 Å². The lowest BCUT2D eigenvalue weighted by molar-refractivity contribution is 0.247. The van der Waals surface area contributed by atoms with Gasteiger partial charge in [0.05, 0.1) is 10.0 Å². The molecule has 1 aliphatic rings. The molecule has 1 aromatic carbocycles. The van der Waals surface area contributed by atoms with Gasteiger partial charge in [0.2, 0.25) is 0 Å². The highest BCUT2D eigenvalue weighted by Crippen LogP contribution is 2.29. The molecular formula is C15H21Cl2N. The highest BCUT2D eigenvalue weighted by molar-refractivity contribution is 6.42. The number of halogens is 2. The van der Waals surface area contributed by atoms with Gasteiger partial charge < -0.3 is 5.32 Å². The monoisotopic (exact) mass is 285 g/mol. The molecule has 0 aromatic heterocycles. The van der Waals surface area contributed by atoms with E-state index >= 15 is 0 Å². The van der Waals surface area contributed by atoms with E-state index in [0.29, 0.717) is 10.0 Å². The average Bonchev–Trinajstić information content (AvgIpc) is 2.37. The van der Waals surface area contributed by atoms with Crippen LogP contribution in [-0.4, -0.2) is 6.54 Å². The minimum absolute atomic E-state index is 0.641. The van der Waals surface area contributed by atoms with E-state index in [2.05, 4.69) is 12.2 Å². The van der Waals surface area contributed by atoms with Crippen molar-refractivity contribution in [2.45, 2.75) is 39.2 Å². The van der Waals surface area contributed by atoms with E-state index < -0.39 is 0 Å². The second kappa shape index (κ2) is 6.79. The summed E-state index contributed by atoms with van der Waals surface area (Å²) in [4.78, 5) is 0. The number of rotatable bonds is 4. The Morgan fingerprint density at radius 3 is 2.78 bits per heavy atom. The third kappa shape index (κ3) is 3.63. The fourth-order valence-corrected chi connectivity index (χ4v) is 3.16. The van der Waals surface area contributed by atoms with Crippen LogP contribution in [-0.2, 0) is 6.54 Å². The minimum atomic E-state index is 0.641. The molecule has 0 spiro atoms. The van der Waals surface area contributed by atoms with Crippen molar-refractivity contribution in [3.8, 4) is 0 Å². The molecule has 1 nitrogen and oxygen atoms in total. The topological polar surface area (TPSA) is 12.0 Å². The summed E-state index contributed by atoms with van der Waals surface area (Å²) in [5.41, 5.74) is 1.09. The largest absolute Gasteiger partial charge is 0.312 e. The molecule has 2 unspecified atom stereocenters. The molecule has 1 aliphatic carbocycles. The van der Waals surface area contributed by atoms with Crippen LogP contribution >= 0.6 is 23.2 Å². The normalized spacial score (nSPS) is 24.2. The third-order valence-corrected chi connectivity index (χ3v) is 4.90. The Morgan fingerprint density at radius 1 is 1.22 bits per heavy atom. The SMILES string of the molecule is CC1CCCCC1CNCc1cccc(Cl)c1Cl. The Hall–Kier alpha value is -0.240. The fraction of sp³-hybridized carbons (Fsp3) is 0.600. The molecule has 1 fully saturated rings. The molecule has 0 bridgehead atoms. The summed E-state index contributed by atoms with van der Waals surface area (Å²) >= 11 is 12.2. The first kappa shape index (κ1) is 14.2. The smallest absolute Gasteiger partial charge is 0.0637 e. The molecule has 1 aromatic rings. The van der Waals surface area contributed by atoms with Crippen molar-refractivity contribution in [2.75, 3.05) is 6.54 Å². The predicted molar refractivity (Wildman–Crippen MR) is 79.3 cm³/mol. The van der Waals surface area contributed by atoms with E-state index in [1.807, 2.05) is 18.2 Å². The molecule has 0 radical (unpaired) electrons. The second-order valence-corrected chi connectivity index (χ2v) is 6.15. The molecule has 2 rings (SSSR count). The summed E-state index contributed by atoms with van der Waals surface area (Å²) < 4.78 is 0. The maximum absolute atomic E-state index is 6.17. The van der Waals surface area contributed by atoms with Gasteiger partial charge in [0, 0.05) is 6.54 Å². The zero-order chi connectivity index (χ0) is 13.0. The van der Waals surface area contributed by atoms with Crippen molar-refractivity contribution in [1.29, 1.82) is 0 Å². The first-order valence-corrected chi connectivity index (χ1v) is 7.57. The van der Waals surface area contributed by atoms with Crippen LogP contribution in [0.15, 0.2) is 18.2 Å². The second-order valence-electron chi connectivity index (χ2n) is 5.37. The van der Waals surface area contributed by atoms with Gasteiger partial charge in [-0.25, -0.2) is 0 Å². The Kier molecular flexibility index (Phi) is 5.35. The van der Waals surface area contributed by atoms with Gasteiger partial charge in [-0.1, -0.05) is 61.5 Å². The molecule has 0 saturated heterocycles. The number of nitrogens with one attached hydrogen (secondary N) is 1. The van der Waals surface area contributed by atoms with E-state index in [1.165, 1.54) is 25.7 Å². The molecule has 0 amide bonds. The molecular weight excluding hydrogens is 265 g/mol. The quantitative estimate of drug-likeness (QED) is 0.829. The summed E-state index contributed by atoms with van der Waals surface area (Å²) in [7, 11) is 0. The Bertz CT molecular complexity index is 392. The third-order valence-electron chi connectivity index (χ3n) is 4.04. The van der Waals surface area contributed by atoms with Crippen LogP contribution < -0.4 is 5.32 Å². The van der Waals surface area contributed by atoms with Crippen LogP contribution in [0.25, 0.3) is 0 Å². The average molecular weight is 286 g/mol. The van der Waals surface area contributed by atoms with Crippen LogP contribution in [0.5, 0.6) is 0 Å². The summed E-state index contributed by atoms with van der Waals surface area (Å²) in [6.07, 6.45) is 5.52. The zero-order valence-corrected chi connectivity index (χ0v) is 12.4. The highest BCUT2D eigenvalue weighted by Gasteiger charge is 2.20. The van der Waals surface area contributed by atoms with E-state index in [4.69, 9.17) is 23.2 Å². The molecule has 18 heavy (non-hydrogen) atoms. The Morgan fingerprint density at radius 2 is 2.00 bits per heavy atom. The van der Waals surface area contributed by atoms with Gasteiger partial charge in [0.25, 0.3) is 0 Å². The van der Waals surface area contributed by atoms with E-state index in [1.54, 1.807) is 0 Å². The number of hydrogen-bond donors (Lipinski definition) is 1. The van der Waals surface area contributed by atoms with Gasteiger partial charge >= 0.3 is 0 Å². The van der Waals surface area contributed by atoms with Gasteiger partial charge in [-0.2, -0.15) is 0 Å². The lowest BCUT2D eigenvalue weighted by Crippen LogP contribution is -2.29. The first-order valence-electron chi connectivity index (χ1n) is 6.82. The molecule has 2 atom stereocenters. The molecule has 0 aliphatic heterocycles. The summed E-state index contributed by atoms with van der Waals surface area (Å²) in [6.45, 7) is 4.27. The van der Waals surface area contributed by atoms with Gasteiger partial charge in [0.1, 0.15) is 0 Å². The molecule has 0 heterocycles. The van der Waals surface area contributed by atoms with Gasteiger partial charge in [0.15, 0.2) is 0 Å². The number of benzene rings is 1. The summed E-state index contributed by atoms with van der Waals surface area (Å²) in [5.74, 6) is 1.66. The van der Waals surface area contributed by atoms with Gasteiger partial charge in [-0.3, -0.25) is 0 Å². The van der Waals surface area contributed by atoms with Crippen molar-refractivity contribution in [3.05, 3.63) is 33.8 Å². The lowest BCUT2D eigenvalue weighted by Gasteiger charge is -2.29. The maximum Gasteiger partial charge on any atom is 0.0637 e. The summed E-state index contributed by atoms with van der Waals surface area (Å²) in [6, 6.07) is 5.82. The maximum atomic E-state index is 6.17. The lowest BCUT2D eigenvalue weighted by atomic mass is 9.80. The van der Waals surface area contributed by atoms with Crippen molar-refractivity contribution < 1.29 is 0 Å². The Labute approximate surface area is 120 Å². The van der Waals surface area contributed by atoms with Crippen molar-refractivity contribution in [2.24, 2.45) is 11.8 Å². The standard InChI is InChI=1S/C15H21Cl2N/c1-11-5-2-3-6-12(11)9-18-10-13-7-4-8-14(16)15(13)17/h4,7-8,11-12,18H,2-3,5-6,9-10H2,1H3. The van der Waals surface area contributed by atoms with E-state index in [0.717, 1.165) is 30.5 Å². The van der Waals surface area contributed by atoms with Crippen molar-refractivity contribution in [1.82, 2.24) is 5.32 Å². The van der Waals surface area contributed by atoms with Crippen LogP contribution in [0, 0.1) is 11.8 Å². The van der Waals surface area contributed by atoms with Crippen LogP contribution in [0.4, 0.5) is 0 Å². The molecule has 100 valence electrons. The molecule has 1 saturated carbocycles. The fourth-order valence-electron chi connectivity index (χ4n) is 2.77. The van der Waals surface area contributed by atoms with E-state index in [-0.39, 0.29) is 0 Å². The first-order chi connectivity index (χ1) is 8.68. The highest BCUT2D eigenvalue weighted by atomic mass is 35.5. The van der Waals surface area contributed by atoms with Crippen LogP contribution in [0.3, 0.4) is 0 Å². The van der Waals surface area contributed by atoms with Crippen molar-refractivity contribution in [3.63, 3.8) is 0 Å². The molecule has 3 heteroatoms. The van der Waals surface area contributed by atoms with Gasteiger partial charge in [-0.05, 0) is 36.4 Å². The Balaban J connectivity index is 1.83. The zero-order valence-electron chi connectivity index (χ0n) is 10.9. The predicted octanol–water partition coefficient (Wildman–Crippen LogP) is 4.91. The van der Waals surface area contributed by atoms with Crippen LogP contribution in [0.2, 0.25) is 10.0 Å². The summed E-state index contributed by atoms with van der Waals surface area (Å²) in [5, 5.41) is 4.85. The van der Waals surface area contributed by atoms with Crippen LogP contribution in [0.1, 0.15) is 38.2 Å². The van der Waals surface area contributed by atoms with E-state index in [9.17, 15) is 0 Å². The molecule has 1 N–H and O–H groups in total. The van der Waals surface area contributed by atoms with Gasteiger partial charge in [-0.15, -0.1) is 0 Å². The minimum Gasteiger partial charge on any atom is -0.312 e. The number of hydrogen-bond acceptors (Lipinski definition) is 1.